The van der Waals surface area contributed by atoms with E-state index in [9.17, 15) is 9.18 Å². The Morgan fingerprint density at radius 2 is 1.61 bits per heavy atom. The third-order valence-electron chi connectivity index (χ3n) is 7.93. The van der Waals surface area contributed by atoms with Crippen LogP contribution in [0.15, 0.2) is 54.7 Å². The molecule has 31 heavy (non-hydrogen) atoms. The number of amides is 1. The summed E-state index contributed by atoms with van der Waals surface area (Å²) in [6.07, 6.45) is 10.2. The van der Waals surface area contributed by atoms with Crippen LogP contribution in [0.4, 0.5) is 4.39 Å². The first-order valence-electron chi connectivity index (χ1n) is 11.7. The van der Waals surface area contributed by atoms with Crippen LogP contribution >= 0.6 is 0 Å². The quantitative estimate of drug-likeness (QED) is 0.589. The first-order chi connectivity index (χ1) is 15.1. The minimum Gasteiger partial charge on any atom is -0.350 e. The van der Waals surface area contributed by atoms with Gasteiger partial charge in [0.25, 0.3) is 0 Å². The molecule has 1 aromatic heterocycles. The van der Waals surface area contributed by atoms with Crippen LogP contribution in [0.25, 0.3) is 10.9 Å². The Balaban J connectivity index is 1.23. The Bertz CT molecular complexity index is 1090. The molecule has 0 unspecified atom stereocenters. The van der Waals surface area contributed by atoms with Gasteiger partial charge >= 0.3 is 0 Å². The predicted octanol–water partition coefficient (Wildman–Crippen LogP) is 5.46. The highest BCUT2D eigenvalue weighted by molar-refractivity contribution is 5.89. The lowest BCUT2D eigenvalue weighted by Gasteiger charge is -2.56. The Morgan fingerprint density at radius 1 is 0.968 bits per heavy atom. The summed E-state index contributed by atoms with van der Waals surface area (Å²) in [6.45, 7) is 0.664. The molecule has 4 fully saturated rings. The van der Waals surface area contributed by atoms with Gasteiger partial charge in [-0.25, -0.2) is 4.39 Å². The molecule has 0 radical (unpaired) electrons. The van der Waals surface area contributed by atoms with Crippen molar-refractivity contribution in [3.8, 4) is 0 Å². The van der Waals surface area contributed by atoms with Gasteiger partial charge in [0, 0.05) is 29.2 Å². The molecule has 160 valence electrons. The molecule has 2 aromatic carbocycles. The Morgan fingerprint density at radius 3 is 2.29 bits per heavy atom. The maximum absolute atomic E-state index is 13.3. The summed E-state index contributed by atoms with van der Waals surface area (Å²) in [6, 6.07) is 14.9. The smallest absolute Gasteiger partial charge is 0.224 e. The zero-order valence-corrected chi connectivity index (χ0v) is 17.8. The van der Waals surface area contributed by atoms with Crippen molar-refractivity contribution in [3.05, 3.63) is 71.7 Å². The largest absolute Gasteiger partial charge is 0.350 e. The van der Waals surface area contributed by atoms with Crippen molar-refractivity contribution >= 4 is 16.8 Å². The standard InChI is InChI=1S/C27H29FN2O/c28-23-7-5-18(6-8-23)16-30-17-22(24-3-1-2-4-25(24)30)12-26(31)29-27-13-19-9-20(14-27)11-21(10-19)15-27/h1-8,17,19-21H,9-16H2,(H,29,31). The second-order valence-electron chi connectivity index (χ2n) is 10.3. The third kappa shape index (κ3) is 3.56. The summed E-state index contributed by atoms with van der Waals surface area (Å²) in [5, 5.41) is 4.64. The lowest BCUT2D eigenvalue weighted by molar-refractivity contribution is -0.126. The third-order valence-corrected chi connectivity index (χ3v) is 7.93. The van der Waals surface area contributed by atoms with Gasteiger partial charge in [0.15, 0.2) is 0 Å². The van der Waals surface area contributed by atoms with Crippen LogP contribution in [0.5, 0.6) is 0 Å². The zero-order valence-electron chi connectivity index (χ0n) is 17.8. The van der Waals surface area contributed by atoms with Crippen LogP contribution in [0.3, 0.4) is 0 Å². The molecule has 0 saturated heterocycles. The number of rotatable bonds is 5. The van der Waals surface area contributed by atoms with Gasteiger partial charge in [-0.3, -0.25) is 4.79 Å². The molecule has 0 aliphatic heterocycles. The fourth-order valence-corrected chi connectivity index (χ4v) is 7.16. The van der Waals surface area contributed by atoms with Crippen molar-refractivity contribution in [2.45, 2.75) is 57.0 Å². The Labute approximate surface area is 182 Å². The number of hydrogen-bond donors (Lipinski definition) is 1. The molecular formula is C27H29FN2O. The molecule has 3 nitrogen and oxygen atoms in total. The van der Waals surface area contributed by atoms with Crippen molar-refractivity contribution < 1.29 is 9.18 Å². The number of fused-ring (bicyclic) bond motifs is 1. The molecule has 4 aliphatic carbocycles. The molecule has 4 saturated carbocycles. The van der Waals surface area contributed by atoms with Crippen LogP contribution in [0.2, 0.25) is 0 Å². The minimum atomic E-state index is -0.219. The first kappa shape index (κ1) is 19.1. The summed E-state index contributed by atoms with van der Waals surface area (Å²) in [5.74, 6) is 2.41. The molecule has 7 rings (SSSR count). The van der Waals surface area contributed by atoms with Gasteiger partial charge < -0.3 is 9.88 Å². The lowest BCUT2D eigenvalue weighted by atomic mass is 9.53. The molecule has 4 aliphatic rings. The number of aromatic nitrogens is 1. The number of hydrogen-bond acceptors (Lipinski definition) is 1. The normalized spacial score (nSPS) is 28.9. The summed E-state index contributed by atoms with van der Waals surface area (Å²) in [5.41, 5.74) is 3.29. The maximum Gasteiger partial charge on any atom is 0.224 e. The Kier molecular flexibility index (Phi) is 4.45. The van der Waals surface area contributed by atoms with Gasteiger partial charge in [-0.05, 0) is 85.6 Å². The van der Waals surface area contributed by atoms with Crippen molar-refractivity contribution in [2.75, 3.05) is 0 Å². The molecule has 4 heteroatoms. The highest BCUT2D eigenvalue weighted by atomic mass is 19.1. The van der Waals surface area contributed by atoms with Gasteiger partial charge in [-0.1, -0.05) is 30.3 Å². The molecule has 1 amide bonds. The molecule has 1 heterocycles. The number of carbonyl (C=O) groups is 1. The number of nitrogens with one attached hydrogen (secondary N) is 1. The van der Waals surface area contributed by atoms with E-state index in [1.54, 1.807) is 0 Å². The van der Waals surface area contributed by atoms with Crippen LogP contribution in [0, 0.1) is 23.6 Å². The first-order valence-corrected chi connectivity index (χ1v) is 11.7. The second kappa shape index (κ2) is 7.22. The summed E-state index contributed by atoms with van der Waals surface area (Å²) >= 11 is 0. The fourth-order valence-electron chi connectivity index (χ4n) is 7.16. The number of halogens is 1. The van der Waals surface area contributed by atoms with E-state index in [2.05, 4.69) is 28.2 Å². The highest BCUT2D eigenvalue weighted by Crippen LogP contribution is 2.55. The van der Waals surface area contributed by atoms with Gasteiger partial charge in [-0.2, -0.15) is 0 Å². The number of para-hydroxylation sites is 1. The molecule has 1 N–H and O–H groups in total. The average Bonchev–Trinajstić information content (AvgIpc) is 3.05. The van der Waals surface area contributed by atoms with E-state index in [1.165, 1.54) is 50.7 Å². The molecule has 4 bridgehead atoms. The summed E-state index contributed by atoms with van der Waals surface area (Å²) in [7, 11) is 0. The van der Waals surface area contributed by atoms with Crippen molar-refractivity contribution in [3.63, 3.8) is 0 Å². The van der Waals surface area contributed by atoms with Crippen molar-refractivity contribution in [2.24, 2.45) is 17.8 Å². The predicted molar refractivity (Wildman–Crippen MR) is 120 cm³/mol. The van der Waals surface area contributed by atoms with Gasteiger partial charge in [0.2, 0.25) is 5.91 Å². The average molecular weight is 417 g/mol. The van der Waals surface area contributed by atoms with Gasteiger partial charge in [-0.15, -0.1) is 0 Å². The monoisotopic (exact) mass is 416 g/mol. The molecule has 3 aromatic rings. The molecule has 0 spiro atoms. The fraction of sp³-hybridized carbons (Fsp3) is 0.444. The van der Waals surface area contributed by atoms with Crippen LogP contribution < -0.4 is 5.32 Å². The second-order valence-corrected chi connectivity index (χ2v) is 10.3. The lowest BCUT2D eigenvalue weighted by Crippen LogP contribution is -2.60. The van der Waals surface area contributed by atoms with E-state index >= 15 is 0 Å². The van der Waals surface area contributed by atoms with E-state index in [-0.39, 0.29) is 17.3 Å². The summed E-state index contributed by atoms with van der Waals surface area (Å²) < 4.78 is 15.5. The topological polar surface area (TPSA) is 34.0 Å². The van der Waals surface area contributed by atoms with E-state index < -0.39 is 0 Å². The number of carbonyl (C=O) groups excluding carboxylic acids is 1. The van der Waals surface area contributed by atoms with Crippen LogP contribution in [-0.2, 0) is 17.8 Å². The van der Waals surface area contributed by atoms with E-state index in [0.717, 1.165) is 39.8 Å². The number of nitrogens with zero attached hydrogens (tertiary/aromatic N) is 1. The van der Waals surface area contributed by atoms with E-state index in [0.29, 0.717) is 13.0 Å². The van der Waals surface area contributed by atoms with E-state index in [4.69, 9.17) is 0 Å². The molecule has 0 atom stereocenters. The maximum atomic E-state index is 13.3. The van der Waals surface area contributed by atoms with Gasteiger partial charge in [0.05, 0.1) is 6.42 Å². The number of benzene rings is 2. The summed E-state index contributed by atoms with van der Waals surface area (Å²) in [4.78, 5) is 13.2. The van der Waals surface area contributed by atoms with E-state index in [1.807, 2.05) is 24.3 Å². The Hall–Kier alpha value is -2.62. The minimum absolute atomic E-state index is 0.0539. The SMILES string of the molecule is O=C(Cc1cn(Cc2ccc(F)cc2)c2ccccc12)NC12CC3CC(CC(C3)C1)C2. The van der Waals surface area contributed by atoms with Crippen molar-refractivity contribution in [1.82, 2.24) is 9.88 Å². The van der Waals surface area contributed by atoms with Gasteiger partial charge in [0.1, 0.15) is 5.82 Å². The highest BCUT2D eigenvalue weighted by Gasteiger charge is 2.51. The zero-order chi connectivity index (χ0) is 21.0. The van der Waals surface area contributed by atoms with Crippen LogP contribution in [-0.4, -0.2) is 16.0 Å². The van der Waals surface area contributed by atoms with Crippen LogP contribution in [0.1, 0.15) is 49.7 Å². The van der Waals surface area contributed by atoms with Crippen molar-refractivity contribution in [1.29, 1.82) is 0 Å². The molecular weight excluding hydrogens is 387 g/mol.